The van der Waals surface area contributed by atoms with Gasteiger partial charge in [-0.3, -0.25) is 0 Å². The molecule has 2 unspecified atom stereocenters. The predicted molar refractivity (Wildman–Crippen MR) is 82.6 cm³/mol. The lowest BCUT2D eigenvalue weighted by Gasteiger charge is -2.38. The van der Waals surface area contributed by atoms with Crippen LogP contribution in [0.3, 0.4) is 0 Å². The molecule has 0 saturated heterocycles. The van der Waals surface area contributed by atoms with E-state index in [0.717, 1.165) is 25.7 Å². The average Bonchev–Trinajstić information content (AvgIpc) is 2.49. The van der Waals surface area contributed by atoms with Gasteiger partial charge >= 0.3 is 6.03 Å². The number of hydrogen-bond donors (Lipinski definition) is 3. The Bertz CT molecular complexity index is 538. The number of halogens is 1. The molecule has 1 fully saturated rings. The van der Waals surface area contributed by atoms with Gasteiger partial charge in [0.25, 0.3) is 0 Å². The largest absolute Gasteiger partial charge is 0.495 e. The first-order valence-corrected chi connectivity index (χ1v) is 7.51. The van der Waals surface area contributed by atoms with Gasteiger partial charge in [0.2, 0.25) is 0 Å². The van der Waals surface area contributed by atoms with Crippen molar-refractivity contribution < 1.29 is 19.0 Å². The summed E-state index contributed by atoms with van der Waals surface area (Å²) in [6.07, 6.45) is 3.29. The Hall–Kier alpha value is -1.82. The van der Waals surface area contributed by atoms with E-state index in [4.69, 9.17) is 4.74 Å². The van der Waals surface area contributed by atoms with Gasteiger partial charge < -0.3 is 20.5 Å². The molecule has 1 aliphatic carbocycles. The maximum Gasteiger partial charge on any atom is 0.319 e. The van der Waals surface area contributed by atoms with Crippen LogP contribution in [0, 0.1) is 11.2 Å². The van der Waals surface area contributed by atoms with Crippen LogP contribution in [-0.4, -0.2) is 30.9 Å². The van der Waals surface area contributed by atoms with Gasteiger partial charge in [0.05, 0.1) is 18.9 Å². The topological polar surface area (TPSA) is 70.6 Å². The first-order chi connectivity index (χ1) is 10.4. The van der Waals surface area contributed by atoms with E-state index in [2.05, 4.69) is 10.6 Å². The number of anilines is 1. The zero-order valence-electron chi connectivity index (χ0n) is 13.0. The van der Waals surface area contributed by atoms with Crippen LogP contribution in [0.5, 0.6) is 5.75 Å². The summed E-state index contributed by atoms with van der Waals surface area (Å²) in [6.45, 7) is 2.34. The summed E-state index contributed by atoms with van der Waals surface area (Å²) in [5.41, 5.74) is -0.0453. The van der Waals surface area contributed by atoms with Crippen molar-refractivity contribution in [2.75, 3.05) is 19.0 Å². The summed E-state index contributed by atoms with van der Waals surface area (Å²) in [7, 11) is 1.45. The van der Waals surface area contributed by atoms with Crippen molar-refractivity contribution >= 4 is 11.7 Å². The standard InChI is InChI=1S/C16H23FN2O3/c1-16(8-4-3-5-14(16)20)10-18-15(21)19-12-9-11(17)6-7-13(12)22-2/h6-7,9,14,20H,3-5,8,10H2,1-2H3,(H2,18,19,21). The summed E-state index contributed by atoms with van der Waals surface area (Å²) in [6, 6.07) is 3.48. The van der Waals surface area contributed by atoms with E-state index in [1.165, 1.54) is 25.3 Å². The van der Waals surface area contributed by atoms with E-state index in [-0.39, 0.29) is 11.1 Å². The second-order valence-corrected chi connectivity index (χ2v) is 6.07. The predicted octanol–water partition coefficient (Wildman–Crippen LogP) is 2.90. The zero-order valence-corrected chi connectivity index (χ0v) is 13.0. The molecule has 0 aromatic heterocycles. The van der Waals surface area contributed by atoms with Crippen LogP contribution in [0.4, 0.5) is 14.9 Å². The quantitative estimate of drug-likeness (QED) is 0.801. The summed E-state index contributed by atoms with van der Waals surface area (Å²) in [5, 5.41) is 15.4. The van der Waals surface area contributed by atoms with E-state index >= 15 is 0 Å². The Balaban J connectivity index is 1.94. The lowest BCUT2D eigenvalue weighted by Crippen LogP contribution is -2.46. The third kappa shape index (κ3) is 3.88. The summed E-state index contributed by atoms with van der Waals surface area (Å²) < 4.78 is 18.3. The molecule has 0 spiro atoms. The molecule has 0 radical (unpaired) electrons. The molecule has 6 heteroatoms. The molecule has 2 amide bonds. The van der Waals surface area contributed by atoms with Crippen LogP contribution in [-0.2, 0) is 0 Å². The number of methoxy groups -OCH3 is 1. The number of rotatable bonds is 4. The molecule has 1 aromatic rings. The molecule has 0 heterocycles. The maximum atomic E-state index is 13.3. The van der Waals surface area contributed by atoms with Crippen molar-refractivity contribution in [2.45, 2.75) is 38.7 Å². The van der Waals surface area contributed by atoms with Gasteiger partial charge in [0.1, 0.15) is 11.6 Å². The fraction of sp³-hybridized carbons (Fsp3) is 0.562. The minimum absolute atomic E-state index is 0.273. The number of urea groups is 1. The van der Waals surface area contributed by atoms with Crippen molar-refractivity contribution in [2.24, 2.45) is 5.41 Å². The van der Waals surface area contributed by atoms with Crippen LogP contribution in [0.25, 0.3) is 0 Å². The van der Waals surface area contributed by atoms with Gasteiger partial charge in [0, 0.05) is 18.0 Å². The third-order valence-corrected chi connectivity index (χ3v) is 4.34. The second kappa shape index (κ2) is 6.96. The van der Waals surface area contributed by atoms with E-state index in [0.29, 0.717) is 12.3 Å². The molecule has 2 atom stereocenters. The Morgan fingerprint density at radius 2 is 2.27 bits per heavy atom. The Labute approximate surface area is 129 Å². The average molecular weight is 310 g/mol. The number of aliphatic hydroxyl groups is 1. The molecule has 1 aromatic carbocycles. The number of ether oxygens (including phenoxy) is 1. The molecule has 0 bridgehead atoms. The van der Waals surface area contributed by atoms with Crippen LogP contribution >= 0.6 is 0 Å². The van der Waals surface area contributed by atoms with E-state index in [9.17, 15) is 14.3 Å². The van der Waals surface area contributed by atoms with Crippen molar-refractivity contribution in [3.05, 3.63) is 24.0 Å². The molecule has 1 saturated carbocycles. The van der Waals surface area contributed by atoms with Crippen LogP contribution in [0.15, 0.2) is 18.2 Å². The maximum absolute atomic E-state index is 13.3. The van der Waals surface area contributed by atoms with Crippen molar-refractivity contribution in [1.82, 2.24) is 5.32 Å². The molecule has 2 rings (SSSR count). The van der Waals surface area contributed by atoms with Crippen LogP contribution in [0.2, 0.25) is 0 Å². The summed E-state index contributed by atoms with van der Waals surface area (Å²) >= 11 is 0. The lowest BCUT2D eigenvalue weighted by molar-refractivity contribution is 0.00333. The second-order valence-electron chi connectivity index (χ2n) is 6.07. The van der Waals surface area contributed by atoms with Crippen molar-refractivity contribution in [3.8, 4) is 5.75 Å². The Morgan fingerprint density at radius 3 is 2.95 bits per heavy atom. The molecule has 0 aliphatic heterocycles. The first kappa shape index (κ1) is 16.5. The van der Waals surface area contributed by atoms with Gasteiger partial charge in [-0.15, -0.1) is 0 Å². The third-order valence-electron chi connectivity index (χ3n) is 4.34. The van der Waals surface area contributed by atoms with Gasteiger partial charge in [0.15, 0.2) is 0 Å². The fourth-order valence-corrected chi connectivity index (χ4v) is 2.81. The molecule has 1 aliphatic rings. The number of carbonyl (C=O) groups excluding carboxylic acids is 1. The highest BCUT2D eigenvalue weighted by Gasteiger charge is 2.35. The molecular formula is C16H23FN2O3. The van der Waals surface area contributed by atoms with Gasteiger partial charge in [-0.1, -0.05) is 19.8 Å². The minimum Gasteiger partial charge on any atom is -0.495 e. The van der Waals surface area contributed by atoms with E-state index in [1.807, 2.05) is 6.92 Å². The van der Waals surface area contributed by atoms with Crippen LogP contribution < -0.4 is 15.4 Å². The highest BCUT2D eigenvalue weighted by Crippen LogP contribution is 2.35. The smallest absolute Gasteiger partial charge is 0.319 e. The number of aliphatic hydroxyl groups excluding tert-OH is 1. The molecule has 22 heavy (non-hydrogen) atoms. The number of amides is 2. The number of hydrogen-bond acceptors (Lipinski definition) is 3. The zero-order chi connectivity index (χ0) is 16.2. The van der Waals surface area contributed by atoms with Crippen molar-refractivity contribution in [1.29, 1.82) is 0 Å². The van der Waals surface area contributed by atoms with Gasteiger partial charge in [-0.05, 0) is 25.0 Å². The monoisotopic (exact) mass is 310 g/mol. The molecule has 3 N–H and O–H groups in total. The first-order valence-electron chi connectivity index (χ1n) is 7.51. The number of carbonyl (C=O) groups is 1. The van der Waals surface area contributed by atoms with Gasteiger partial charge in [-0.2, -0.15) is 0 Å². The van der Waals surface area contributed by atoms with Gasteiger partial charge in [-0.25, -0.2) is 9.18 Å². The Kier molecular flexibility index (Phi) is 5.24. The summed E-state index contributed by atoms with van der Waals surface area (Å²) in [5.74, 6) is -0.0637. The molecular weight excluding hydrogens is 287 g/mol. The fourth-order valence-electron chi connectivity index (χ4n) is 2.81. The highest BCUT2D eigenvalue weighted by molar-refractivity contribution is 5.90. The highest BCUT2D eigenvalue weighted by atomic mass is 19.1. The number of nitrogens with one attached hydrogen (secondary N) is 2. The molecule has 122 valence electrons. The minimum atomic E-state index is -0.453. The van der Waals surface area contributed by atoms with E-state index in [1.54, 1.807) is 0 Å². The number of benzene rings is 1. The van der Waals surface area contributed by atoms with Crippen LogP contribution in [0.1, 0.15) is 32.6 Å². The lowest BCUT2D eigenvalue weighted by atomic mass is 9.73. The molecule has 5 nitrogen and oxygen atoms in total. The normalized spacial score (nSPS) is 24.6. The Morgan fingerprint density at radius 1 is 1.50 bits per heavy atom. The summed E-state index contributed by atoms with van der Waals surface area (Å²) in [4.78, 5) is 12.0. The SMILES string of the molecule is COc1ccc(F)cc1NC(=O)NCC1(C)CCCCC1O. The van der Waals surface area contributed by atoms with Crippen molar-refractivity contribution in [3.63, 3.8) is 0 Å². The van der Waals surface area contributed by atoms with E-state index < -0.39 is 18.0 Å².